The highest BCUT2D eigenvalue weighted by molar-refractivity contribution is 9.10. The second kappa shape index (κ2) is 4.38. The smallest absolute Gasteiger partial charge is 0.271 e. The van der Waals surface area contributed by atoms with E-state index in [0.29, 0.717) is 11.6 Å². The first-order chi connectivity index (χ1) is 8.74. The molecule has 1 aliphatic rings. The summed E-state index contributed by atoms with van der Waals surface area (Å²) >= 11 is 3.32. The van der Waals surface area contributed by atoms with Crippen molar-refractivity contribution in [2.24, 2.45) is 0 Å². The number of ether oxygens (including phenoxy) is 1. The molecule has 18 heavy (non-hydrogen) atoms. The Kier molecular flexibility index (Phi) is 2.71. The Morgan fingerprint density at radius 2 is 2.11 bits per heavy atom. The lowest BCUT2D eigenvalue weighted by Crippen LogP contribution is -2.30. The number of aromatic nitrogens is 2. The zero-order chi connectivity index (χ0) is 12.5. The number of nitrogens with zero attached hydrogens (tertiary/aromatic N) is 2. The maximum absolute atomic E-state index is 11.9. The number of nitrogens with one attached hydrogen (secondary N) is 1. The molecule has 1 amide bonds. The SMILES string of the molecule is O=C1Nc2ncc(Br)cc2OC1c1ccncc1. The molecule has 1 unspecified atom stereocenters. The Balaban J connectivity index is 1.99. The molecule has 1 aliphatic heterocycles. The van der Waals surface area contributed by atoms with Gasteiger partial charge in [0.25, 0.3) is 5.91 Å². The standard InChI is InChI=1S/C12H8BrN3O2/c13-8-5-9-11(15-6-8)16-12(17)10(18-9)7-1-3-14-4-2-7/h1-6,10H,(H,15,16,17). The van der Waals surface area contributed by atoms with E-state index in [1.807, 2.05) is 0 Å². The lowest BCUT2D eigenvalue weighted by molar-refractivity contribution is -0.123. The number of hydrogen-bond donors (Lipinski definition) is 1. The van der Waals surface area contributed by atoms with E-state index in [-0.39, 0.29) is 5.91 Å². The van der Waals surface area contributed by atoms with Crippen molar-refractivity contribution in [1.29, 1.82) is 0 Å². The van der Waals surface area contributed by atoms with Gasteiger partial charge in [0.15, 0.2) is 11.6 Å². The minimum Gasteiger partial charge on any atom is -0.472 e. The predicted octanol–water partition coefficient (Wildman–Crippen LogP) is 2.31. The van der Waals surface area contributed by atoms with E-state index in [2.05, 4.69) is 31.2 Å². The van der Waals surface area contributed by atoms with Gasteiger partial charge in [-0.3, -0.25) is 9.78 Å². The van der Waals surface area contributed by atoms with Gasteiger partial charge in [0.05, 0.1) is 0 Å². The number of amides is 1. The molecule has 2 aromatic rings. The summed E-state index contributed by atoms with van der Waals surface area (Å²) in [7, 11) is 0. The van der Waals surface area contributed by atoms with Crippen molar-refractivity contribution in [1.82, 2.24) is 9.97 Å². The van der Waals surface area contributed by atoms with Crippen molar-refractivity contribution in [3.8, 4) is 5.75 Å². The van der Waals surface area contributed by atoms with Gasteiger partial charge < -0.3 is 10.1 Å². The Labute approximate surface area is 111 Å². The summed E-state index contributed by atoms with van der Waals surface area (Å²) in [4.78, 5) is 19.9. The molecule has 3 heterocycles. The van der Waals surface area contributed by atoms with Crippen LogP contribution in [0.1, 0.15) is 11.7 Å². The molecular weight excluding hydrogens is 298 g/mol. The molecule has 3 rings (SSSR count). The van der Waals surface area contributed by atoms with Gasteiger partial charge in [0, 0.05) is 28.6 Å². The summed E-state index contributed by atoms with van der Waals surface area (Å²) in [6.07, 6.45) is 4.19. The Bertz CT molecular complexity index is 604. The first-order valence-corrected chi connectivity index (χ1v) is 6.06. The van der Waals surface area contributed by atoms with Crippen LogP contribution in [0.2, 0.25) is 0 Å². The second-order valence-corrected chi connectivity index (χ2v) is 4.68. The van der Waals surface area contributed by atoms with Gasteiger partial charge in [0.2, 0.25) is 6.10 Å². The molecule has 0 saturated heterocycles. The fourth-order valence-electron chi connectivity index (χ4n) is 1.72. The summed E-state index contributed by atoms with van der Waals surface area (Å²) in [5, 5.41) is 2.72. The van der Waals surface area contributed by atoms with Gasteiger partial charge in [-0.15, -0.1) is 0 Å². The highest BCUT2D eigenvalue weighted by atomic mass is 79.9. The molecule has 5 nitrogen and oxygen atoms in total. The quantitative estimate of drug-likeness (QED) is 0.878. The van der Waals surface area contributed by atoms with E-state index in [1.54, 1.807) is 36.8 Å². The third kappa shape index (κ3) is 1.95. The van der Waals surface area contributed by atoms with Crippen LogP contribution >= 0.6 is 15.9 Å². The molecule has 0 aliphatic carbocycles. The Hall–Kier alpha value is -1.95. The fraction of sp³-hybridized carbons (Fsp3) is 0.0833. The molecule has 0 spiro atoms. The van der Waals surface area contributed by atoms with E-state index >= 15 is 0 Å². The first-order valence-electron chi connectivity index (χ1n) is 5.27. The number of carbonyl (C=O) groups excluding carboxylic acids is 1. The third-order valence-corrected chi connectivity index (χ3v) is 2.99. The Morgan fingerprint density at radius 3 is 2.89 bits per heavy atom. The van der Waals surface area contributed by atoms with Crippen LogP contribution in [0.15, 0.2) is 41.3 Å². The number of rotatable bonds is 1. The topological polar surface area (TPSA) is 64.1 Å². The summed E-state index contributed by atoms with van der Waals surface area (Å²) in [5.41, 5.74) is 0.758. The molecule has 6 heteroatoms. The van der Waals surface area contributed by atoms with Crippen LogP contribution in [-0.4, -0.2) is 15.9 Å². The van der Waals surface area contributed by atoms with Gasteiger partial charge in [-0.05, 0) is 34.1 Å². The molecule has 1 atom stereocenters. The predicted molar refractivity (Wildman–Crippen MR) is 68.2 cm³/mol. The van der Waals surface area contributed by atoms with Crippen molar-refractivity contribution in [2.45, 2.75) is 6.10 Å². The number of fused-ring (bicyclic) bond motifs is 1. The molecule has 0 saturated carbocycles. The monoisotopic (exact) mass is 305 g/mol. The Morgan fingerprint density at radius 1 is 1.33 bits per heavy atom. The maximum Gasteiger partial charge on any atom is 0.271 e. The van der Waals surface area contributed by atoms with Gasteiger partial charge in [0.1, 0.15) is 0 Å². The summed E-state index contributed by atoms with van der Waals surface area (Å²) in [6, 6.07) is 5.28. The molecule has 0 fully saturated rings. The fourth-order valence-corrected chi connectivity index (χ4v) is 2.04. The summed E-state index contributed by atoms with van der Waals surface area (Å²) in [6.45, 7) is 0. The van der Waals surface area contributed by atoms with Crippen LogP contribution in [0.4, 0.5) is 5.82 Å². The number of carbonyl (C=O) groups is 1. The molecule has 2 aromatic heterocycles. The van der Waals surface area contributed by atoms with Crippen molar-refractivity contribution in [3.63, 3.8) is 0 Å². The molecule has 0 bridgehead atoms. The molecule has 1 N–H and O–H groups in total. The van der Waals surface area contributed by atoms with Crippen molar-refractivity contribution < 1.29 is 9.53 Å². The third-order valence-electron chi connectivity index (χ3n) is 2.55. The average Bonchev–Trinajstić information content (AvgIpc) is 2.39. The van der Waals surface area contributed by atoms with Gasteiger partial charge in [-0.25, -0.2) is 4.98 Å². The largest absolute Gasteiger partial charge is 0.472 e. The van der Waals surface area contributed by atoms with Gasteiger partial charge >= 0.3 is 0 Å². The normalized spacial score (nSPS) is 17.6. The average molecular weight is 306 g/mol. The minimum absolute atomic E-state index is 0.233. The van der Waals surface area contributed by atoms with Crippen LogP contribution < -0.4 is 10.1 Å². The number of halogens is 1. The minimum atomic E-state index is -0.670. The van der Waals surface area contributed by atoms with Crippen LogP contribution in [0.5, 0.6) is 5.75 Å². The van der Waals surface area contributed by atoms with Crippen LogP contribution in [0.25, 0.3) is 0 Å². The highest BCUT2D eigenvalue weighted by Crippen LogP contribution is 2.34. The molecule has 0 radical (unpaired) electrons. The lowest BCUT2D eigenvalue weighted by Gasteiger charge is -2.25. The van der Waals surface area contributed by atoms with Crippen LogP contribution in [0.3, 0.4) is 0 Å². The molecule has 0 aromatic carbocycles. The van der Waals surface area contributed by atoms with Gasteiger partial charge in [-0.1, -0.05) is 0 Å². The molecule has 90 valence electrons. The van der Waals surface area contributed by atoms with Crippen LogP contribution in [-0.2, 0) is 4.79 Å². The van der Waals surface area contributed by atoms with Crippen LogP contribution in [0, 0.1) is 0 Å². The van der Waals surface area contributed by atoms with Crippen molar-refractivity contribution in [2.75, 3.05) is 5.32 Å². The van der Waals surface area contributed by atoms with Crippen molar-refractivity contribution >= 4 is 27.7 Å². The van der Waals surface area contributed by atoms with E-state index in [4.69, 9.17) is 4.74 Å². The molecular formula is C12H8BrN3O2. The zero-order valence-electron chi connectivity index (χ0n) is 9.13. The maximum atomic E-state index is 11.9. The van der Waals surface area contributed by atoms with E-state index in [0.717, 1.165) is 10.0 Å². The lowest BCUT2D eigenvalue weighted by atomic mass is 10.1. The number of hydrogen-bond acceptors (Lipinski definition) is 4. The summed E-state index contributed by atoms with van der Waals surface area (Å²) in [5.74, 6) is 0.753. The number of anilines is 1. The summed E-state index contributed by atoms with van der Waals surface area (Å²) < 4.78 is 6.48. The zero-order valence-corrected chi connectivity index (χ0v) is 10.7. The van der Waals surface area contributed by atoms with E-state index in [1.165, 1.54) is 0 Å². The highest BCUT2D eigenvalue weighted by Gasteiger charge is 2.29. The number of pyridine rings is 2. The van der Waals surface area contributed by atoms with E-state index in [9.17, 15) is 4.79 Å². The van der Waals surface area contributed by atoms with E-state index < -0.39 is 6.10 Å². The second-order valence-electron chi connectivity index (χ2n) is 3.77. The van der Waals surface area contributed by atoms with Gasteiger partial charge in [-0.2, -0.15) is 0 Å². The van der Waals surface area contributed by atoms with Crippen molar-refractivity contribution in [3.05, 3.63) is 46.8 Å². The first kappa shape index (κ1) is 11.2.